The van der Waals surface area contributed by atoms with Crippen molar-refractivity contribution in [1.82, 2.24) is 5.32 Å². The van der Waals surface area contributed by atoms with E-state index in [1.165, 1.54) is 18.5 Å². The molecule has 3 rings (SSSR count). The number of rotatable bonds is 6. The van der Waals surface area contributed by atoms with E-state index in [0.717, 1.165) is 35.9 Å². The summed E-state index contributed by atoms with van der Waals surface area (Å²) in [5, 5.41) is 3.01. The Morgan fingerprint density at radius 1 is 1.19 bits per heavy atom. The molecule has 0 unspecified atom stereocenters. The smallest absolute Gasteiger partial charge is 0.258 e. The van der Waals surface area contributed by atoms with Gasteiger partial charge in [-0.15, -0.1) is 0 Å². The second-order valence-corrected chi connectivity index (χ2v) is 7.66. The summed E-state index contributed by atoms with van der Waals surface area (Å²) in [6, 6.07) is 16.2. The summed E-state index contributed by atoms with van der Waals surface area (Å²) in [6.45, 7) is 8.61. The van der Waals surface area contributed by atoms with Gasteiger partial charge in [0.1, 0.15) is 5.75 Å². The molecule has 1 aliphatic heterocycles. The van der Waals surface area contributed by atoms with Crippen LogP contribution in [-0.2, 0) is 4.79 Å². The van der Waals surface area contributed by atoms with E-state index >= 15 is 0 Å². The van der Waals surface area contributed by atoms with Crippen molar-refractivity contribution in [2.45, 2.75) is 39.7 Å². The second-order valence-electron chi connectivity index (χ2n) is 7.66. The van der Waals surface area contributed by atoms with Crippen molar-refractivity contribution in [2.24, 2.45) is 5.92 Å². The zero-order valence-corrected chi connectivity index (χ0v) is 16.6. The average Bonchev–Trinajstić information content (AvgIpc) is 2.67. The van der Waals surface area contributed by atoms with Crippen molar-refractivity contribution in [3.05, 3.63) is 59.7 Å². The van der Waals surface area contributed by atoms with Gasteiger partial charge in [0, 0.05) is 18.8 Å². The number of carbonyl (C=O) groups excluding carboxylic acids is 1. The van der Waals surface area contributed by atoms with Crippen molar-refractivity contribution >= 4 is 11.6 Å². The molecule has 1 saturated heterocycles. The predicted octanol–water partition coefficient (Wildman–Crippen LogP) is 4.49. The van der Waals surface area contributed by atoms with Gasteiger partial charge in [-0.2, -0.15) is 0 Å². The summed E-state index contributed by atoms with van der Waals surface area (Å²) >= 11 is 0. The maximum Gasteiger partial charge on any atom is 0.258 e. The van der Waals surface area contributed by atoms with E-state index < -0.39 is 0 Å². The SMILES string of the molecule is Cc1cccc(OCC(=O)N[C@H](C)c2ccc(N3CCC(C)CC3)cc2)c1. The lowest BCUT2D eigenvalue weighted by Gasteiger charge is -2.32. The Bertz CT molecular complexity index is 749. The van der Waals surface area contributed by atoms with E-state index in [0.29, 0.717) is 0 Å². The number of hydrogen-bond acceptors (Lipinski definition) is 3. The first kappa shape index (κ1) is 19.3. The second kappa shape index (κ2) is 8.94. The van der Waals surface area contributed by atoms with Crippen molar-refractivity contribution in [3.8, 4) is 5.75 Å². The maximum atomic E-state index is 12.2. The first-order valence-electron chi connectivity index (χ1n) is 9.85. The van der Waals surface area contributed by atoms with Crippen molar-refractivity contribution in [2.75, 3.05) is 24.6 Å². The molecule has 2 aromatic rings. The molecule has 4 nitrogen and oxygen atoms in total. The van der Waals surface area contributed by atoms with Gasteiger partial charge in [-0.25, -0.2) is 0 Å². The summed E-state index contributed by atoms with van der Waals surface area (Å²) in [7, 11) is 0. The Balaban J connectivity index is 1.50. The van der Waals surface area contributed by atoms with E-state index in [1.807, 2.05) is 38.1 Å². The monoisotopic (exact) mass is 366 g/mol. The number of carbonyl (C=O) groups is 1. The third kappa shape index (κ3) is 5.49. The van der Waals surface area contributed by atoms with Gasteiger partial charge in [0.2, 0.25) is 0 Å². The Labute approximate surface area is 162 Å². The van der Waals surface area contributed by atoms with Crippen LogP contribution >= 0.6 is 0 Å². The third-order valence-corrected chi connectivity index (χ3v) is 5.28. The standard InChI is InChI=1S/C23H30N2O2/c1-17-11-13-25(14-12-17)21-9-7-20(8-10-21)19(3)24-23(26)16-27-22-6-4-5-18(2)15-22/h4-10,15,17,19H,11-14,16H2,1-3H3,(H,24,26)/t19-/m1/s1. The number of nitrogens with one attached hydrogen (secondary N) is 1. The third-order valence-electron chi connectivity index (χ3n) is 5.28. The molecule has 1 aliphatic rings. The first-order chi connectivity index (χ1) is 13.0. The van der Waals surface area contributed by atoms with Gasteiger partial charge in [-0.05, 0) is 68.0 Å². The van der Waals surface area contributed by atoms with Crippen molar-refractivity contribution in [3.63, 3.8) is 0 Å². The Hall–Kier alpha value is -2.49. The number of benzene rings is 2. The van der Waals surface area contributed by atoms with Crippen LogP contribution in [0.2, 0.25) is 0 Å². The number of piperidine rings is 1. The minimum Gasteiger partial charge on any atom is -0.484 e. The Kier molecular flexibility index (Phi) is 6.38. The lowest BCUT2D eigenvalue weighted by atomic mass is 9.98. The lowest BCUT2D eigenvalue weighted by Crippen LogP contribution is -2.33. The molecule has 1 atom stereocenters. The van der Waals surface area contributed by atoms with Gasteiger partial charge in [0.05, 0.1) is 6.04 Å². The van der Waals surface area contributed by atoms with Crippen LogP contribution in [0.15, 0.2) is 48.5 Å². The molecule has 0 radical (unpaired) electrons. The fourth-order valence-electron chi connectivity index (χ4n) is 3.46. The molecular weight excluding hydrogens is 336 g/mol. The molecule has 0 aliphatic carbocycles. The van der Waals surface area contributed by atoms with Crippen LogP contribution in [0.3, 0.4) is 0 Å². The van der Waals surface area contributed by atoms with Crippen molar-refractivity contribution < 1.29 is 9.53 Å². The van der Waals surface area contributed by atoms with Gasteiger partial charge in [-0.3, -0.25) is 4.79 Å². The molecule has 0 saturated carbocycles. The molecular formula is C23H30N2O2. The summed E-state index contributed by atoms with van der Waals surface area (Å²) in [5.41, 5.74) is 3.49. The number of amides is 1. The van der Waals surface area contributed by atoms with Crippen LogP contribution in [0.25, 0.3) is 0 Å². The lowest BCUT2D eigenvalue weighted by molar-refractivity contribution is -0.123. The number of hydrogen-bond donors (Lipinski definition) is 1. The average molecular weight is 367 g/mol. The zero-order valence-electron chi connectivity index (χ0n) is 16.6. The zero-order chi connectivity index (χ0) is 19.2. The minimum atomic E-state index is -0.113. The fraction of sp³-hybridized carbons (Fsp3) is 0.435. The Morgan fingerprint density at radius 2 is 1.89 bits per heavy atom. The molecule has 1 N–H and O–H groups in total. The highest BCUT2D eigenvalue weighted by Gasteiger charge is 2.16. The quantitative estimate of drug-likeness (QED) is 0.819. The molecule has 2 aromatic carbocycles. The molecule has 0 aromatic heterocycles. The van der Waals surface area contributed by atoms with Crippen LogP contribution in [-0.4, -0.2) is 25.6 Å². The van der Waals surface area contributed by atoms with Crippen LogP contribution in [0.5, 0.6) is 5.75 Å². The van der Waals surface area contributed by atoms with Crippen LogP contribution < -0.4 is 15.0 Å². The Morgan fingerprint density at radius 3 is 2.56 bits per heavy atom. The topological polar surface area (TPSA) is 41.6 Å². The molecule has 1 amide bonds. The predicted molar refractivity (Wildman–Crippen MR) is 110 cm³/mol. The van der Waals surface area contributed by atoms with Crippen LogP contribution in [0, 0.1) is 12.8 Å². The van der Waals surface area contributed by atoms with E-state index in [2.05, 4.69) is 41.4 Å². The largest absolute Gasteiger partial charge is 0.484 e. The molecule has 0 spiro atoms. The fourth-order valence-corrected chi connectivity index (χ4v) is 3.46. The van der Waals surface area contributed by atoms with Crippen LogP contribution in [0.1, 0.15) is 43.9 Å². The number of anilines is 1. The summed E-state index contributed by atoms with van der Waals surface area (Å²) in [6.07, 6.45) is 2.52. The first-order valence-corrected chi connectivity index (χ1v) is 9.85. The summed E-state index contributed by atoms with van der Waals surface area (Å²) in [5.74, 6) is 1.44. The summed E-state index contributed by atoms with van der Waals surface area (Å²) in [4.78, 5) is 14.6. The minimum absolute atomic E-state index is 0.0256. The van der Waals surface area contributed by atoms with Gasteiger partial charge in [0.15, 0.2) is 6.61 Å². The summed E-state index contributed by atoms with van der Waals surface area (Å²) < 4.78 is 5.57. The molecule has 27 heavy (non-hydrogen) atoms. The number of aryl methyl sites for hydroxylation is 1. The van der Waals surface area contributed by atoms with Crippen LogP contribution in [0.4, 0.5) is 5.69 Å². The highest BCUT2D eigenvalue weighted by Crippen LogP contribution is 2.24. The van der Waals surface area contributed by atoms with Gasteiger partial charge in [0.25, 0.3) is 5.91 Å². The van der Waals surface area contributed by atoms with E-state index in [9.17, 15) is 4.79 Å². The van der Waals surface area contributed by atoms with E-state index in [-0.39, 0.29) is 18.6 Å². The van der Waals surface area contributed by atoms with Gasteiger partial charge in [-0.1, -0.05) is 31.2 Å². The van der Waals surface area contributed by atoms with E-state index in [4.69, 9.17) is 4.74 Å². The van der Waals surface area contributed by atoms with Gasteiger partial charge < -0.3 is 15.0 Å². The van der Waals surface area contributed by atoms with Gasteiger partial charge >= 0.3 is 0 Å². The molecule has 4 heteroatoms. The molecule has 144 valence electrons. The highest BCUT2D eigenvalue weighted by molar-refractivity contribution is 5.78. The number of ether oxygens (including phenoxy) is 1. The molecule has 1 fully saturated rings. The number of nitrogens with zero attached hydrogens (tertiary/aromatic N) is 1. The highest BCUT2D eigenvalue weighted by atomic mass is 16.5. The normalized spacial score (nSPS) is 16.0. The molecule has 1 heterocycles. The maximum absolute atomic E-state index is 12.2. The van der Waals surface area contributed by atoms with Crippen molar-refractivity contribution in [1.29, 1.82) is 0 Å². The van der Waals surface area contributed by atoms with E-state index in [1.54, 1.807) is 0 Å². The molecule has 0 bridgehead atoms.